The van der Waals surface area contributed by atoms with Crippen molar-refractivity contribution in [2.24, 2.45) is 22.9 Å². The lowest BCUT2D eigenvalue weighted by Gasteiger charge is -2.29. The molecule has 3 aliphatic carbocycles. The molecule has 1 N–H and O–H groups in total. The van der Waals surface area contributed by atoms with E-state index in [1.54, 1.807) is 24.3 Å². The number of hydrogen-bond donors (Lipinski definition) is 1. The molecule has 0 saturated carbocycles. The van der Waals surface area contributed by atoms with Crippen LogP contribution in [0.15, 0.2) is 70.7 Å². The van der Waals surface area contributed by atoms with Gasteiger partial charge in [0.15, 0.2) is 0 Å². The van der Waals surface area contributed by atoms with Gasteiger partial charge in [-0.15, -0.1) is 0 Å². The summed E-state index contributed by atoms with van der Waals surface area (Å²) in [5, 5.41) is 4.26. The van der Waals surface area contributed by atoms with Crippen molar-refractivity contribution in [2.75, 3.05) is 0 Å². The van der Waals surface area contributed by atoms with E-state index in [1.807, 2.05) is 25.2 Å². The molecular formula is C18H20N2O2S. The maximum Gasteiger partial charge on any atom is 0.276 e. The number of sulfonamides is 1. The fourth-order valence-electron chi connectivity index (χ4n) is 2.84. The van der Waals surface area contributed by atoms with Gasteiger partial charge in [-0.2, -0.15) is 13.5 Å². The van der Waals surface area contributed by atoms with Crippen molar-refractivity contribution in [1.82, 2.24) is 4.83 Å². The number of aryl methyl sites for hydroxylation is 1. The number of nitrogens with one attached hydrogen (secondary N) is 1. The lowest BCUT2D eigenvalue weighted by atomic mass is 9.77. The third-order valence-corrected chi connectivity index (χ3v) is 5.54. The average molecular weight is 328 g/mol. The topological polar surface area (TPSA) is 58.5 Å². The van der Waals surface area contributed by atoms with Gasteiger partial charge in [0.05, 0.1) is 10.6 Å². The first-order chi connectivity index (χ1) is 11.0. The molecule has 2 bridgehead atoms. The molecule has 0 spiro atoms. The molecule has 0 radical (unpaired) electrons. The van der Waals surface area contributed by atoms with E-state index in [2.05, 4.69) is 35.1 Å². The summed E-state index contributed by atoms with van der Waals surface area (Å²) in [6, 6.07) is 6.74. The van der Waals surface area contributed by atoms with Crippen LogP contribution in [0.5, 0.6) is 0 Å². The maximum absolute atomic E-state index is 12.4. The van der Waals surface area contributed by atoms with E-state index < -0.39 is 10.0 Å². The van der Waals surface area contributed by atoms with Gasteiger partial charge in [-0.3, -0.25) is 0 Å². The van der Waals surface area contributed by atoms with E-state index in [1.165, 1.54) is 0 Å². The summed E-state index contributed by atoms with van der Waals surface area (Å²) in [7, 11) is -3.64. The normalized spacial score (nSPS) is 30.7. The van der Waals surface area contributed by atoms with E-state index in [0.29, 0.717) is 0 Å². The van der Waals surface area contributed by atoms with Crippen LogP contribution in [0, 0.1) is 24.7 Å². The minimum absolute atomic E-state index is 0.0342. The molecule has 0 saturated heterocycles. The summed E-state index contributed by atoms with van der Waals surface area (Å²) in [6.07, 6.45) is 12.4. The number of rotatable bonds is 3. The minimum Gasteiger partial charge on any atom is -0.200 e. The van der Waals surface area contributed by atoms with Gasteiger partial charge in [0, 0.05) is 17.8 Å². The Hall–Kier alpha value is -2.14. The van der Waals surface area contributed by atoms with Crippen molar-refractivity contribution in [3.63, 3.8) is 0 Å². The zero-order valence-electron chi connectivity index (χ0n) is 13.2. The van der Waals surface area contributed by atoms with Crippen LogP contribution in [0.1, 0.15) is 12.5 Å². The minimum atomic E-state index is -3.64. The summed E-state index contributed by atoms with van der Waals surface area (Å²) < 4.78 is 24.8. The van der Waals surface area contributed by atoms with Crippen molar-refractivity contribution in [3.05, 3.63) is 66.3 Å². The number of nitrogens with zero attached hydrogens (tertiary/aromatic N) is 1. The van der Waals surface area contributed by atoms with E-state index in [4.69, 9.17) is 0 Å². The molecule has 0 aromatic heterocycles. The summed E-state index contributed by atoms with van der Waals surface area (Å²) in [4.78, 5) is 2.62. The zero-order chi connectivity index (χ0) is 16.4. The molecule has 3 atom stereocenters. The molecule has 3 aliphatic rings. The van der Waals surface area contributed by atoms with Crippen molar-refractivity contribution in [1.29, 1.82) is 0 Å². The lowest BCUT2D eigenvalue weighted by molar-refractivity contribution is 0.577. The SMILES string of the molecule is Cc1ccc(S(=O)(=O)N/N=C2\C3C=CC(/C=C/C=C\3)C2C)cc1. The predicted molar refractivity (Wildman–Crippen MR) is 92.5 cm³/mol. The van der Waals surface area contributed by atoms with Gasteiger partial charge in [-0.25, -0.2) is 4.83 Å². The summed E-state index contributed by atoms with van der Waals surface area (Å²) in [5.41, 5.74) is 1.86. The van der Waals surface area contributed by atoms with Crippen LogP contribution in [-0.4, -0.2) is 14.1 Å². The summed E-state index contributed by atoms with van der Waals surface area (Å²) >= 11 is 0. The molecule has 1 aromatic rings. The van der Waals surface area contributed by atoms with Crippen LogP contribution in [0.2, 0.25) is 0 Å². The fraction of sp³-hybridized carbons (Fsp3) is 0.278. The van der Waals surface area contributed by atoms with Crippen molar-refractivity contribution in [3.8, 4) is 0 Å². The fourth-order valence-corrected chi connectivity index (χ4v) is 3.67. The molecule has 4 rings (SSSR count). The molecule has 0 amide bonds. The van der Waals surface area contributed by atoms with Gasteiger partial charge in [0.25, 0.3) is 10.0 Å². The molecule has 0 aliphatic heterocycles. The summed E-state index contributed by atoms with van der Waals surface area (Å²) in [6.45, 7) is 3.99. The van der Waals surface area contributed by atoms with Crippen molar-refractivity contribution < 1.29 is 8.42 Å². The van der Waals surface area contributed by atoms with Crippen LogP contribution in [-0.2, 0) is 10.0 Å². The Morgan fingerprint density at radius 1 is 1.00 bits per heavy atom. The highest BCUT2D eigenvalue weighted by Crippen LogP contribution is 2.29. The number of allylic oxidation sites excluding steroid dienone is 6. The largest absolute Gasteiger partial charge is 0.276 e. The third-order valence-electron chi connectivity index (χ3n) is 4.32. The molecule has 23 heavy (non-hydrogen) atoms. The Morgan fingerprint density at radius 3 is 2.43 bits per heavy atom. The predicted octanol–water partition coefficient (Wildman–Crippen LogP) is 3.19. The van der Waals surface area contributed by atoms with E-state index in [-0.39, 0.29) is 22.6 Å². The van der Waals surface area contributed by atoms with Crippen LogP contribution < -0.4 is 4.83 Å². The average Bonchev–Trinajstić information content (AvgIpc) is 2.48. The van der Waals surface area contributed by atoms with Crippen LogP contribution in [0.3, 0.4) is 0 Å². The Kier molecular flexibility index (Phi) is 4.22. The monoisotopic (exact) mass is 328 g/mol. The molecule has 0 fully saturated rings. The Balaban J connectivity index is 1.87. The van der Waals surface area contributed by atoms with Gasteiger partial charge in [0.2, 0.25) is 0 Å². The highest BCUT2D eigenvalue weighted by molar-refractivity contribution is 7.89. The molecule has 5 heteroatoms. The molecular weight excluding hydrogens is 308 g/mol. The van der Waals surface area contributed by atoms with Crippen LogP contribution >= 0.6 is 0 Å². The van der Waals surface area contributed by atoms with Gasteiger partial charge in [-0.05, 0) is 19.1 Å². The maximum atomic E-state index is 12.4. The second-order valence-electron chi connectivity index (χ2n) is 5.99. The third kappa shape index (κ3) is 3.29. The number of hydrogen-bond acceptors (Lipinski definition) is 3. The first-order valence-electron chi connectivity index (χ1n) is 7.66. The molecule has 120 valence electrons. The first kappa shape index (κ1) is 15.7. The highest BCUT2D eigenvalue weighted by Gasteiger charge is 2.28. The molecule has 0 heterocycles. The Morgan fingerprint density at radius 2 is 1.70 bits per heavy atom. The van der Waals surface area contributed by atoms with Gasteiger partial charge >= 0.3 is 0 Å². The van der Waals surface area contributed by atoms with Gasteiger partial charge in [0.1, 0.15) is 0 Å². The quantitative estimate of drug-likeness (QED) is 0.684. The second kappa shape index (κ2) is 6.16. The van der Waals surface area contributed by atoms with Gasteiger partial charge < -0.3 is 0 Å². The summed E-state index contributed by atoms with van der Waals surface area (Å²) in [5.74, 6) is 0.442. The smallest absolute Gasteiger partial charge is 0.200 e. The number of fused-ring (bicyclic) bond motifs is 2. The molecule has 1 aromatic carbocycles. The van der Waals surface area contributed by atoms with E-state index in [0.717, 1.165) is 11.3 Å². The number of hydrazone groups is 1. The van der Waals surface area contributed by atoms with Crippen molar-refractivity contribution in [2.45, 2.75) is 18.7 Å². The second-order valence-corrected chi connectivity index (χ2v) is 7.65. The van der Waals surface area contributed by atoms with Crippen LogP contribution in [0.4, 0.5) is 0 Å². The van der Waals surface area contributed by atoms with E-state index in [9.17, 15) is 8.42 Å². The van der Waals surface area contributed by atoms with E-state index >= 15 is 0 Å². The molecule has 3 unspecified atom stereocenters. The van der Waals surface area contributed by atoms with Crippen molar-refractivity contribution >= 4 is 15.7 Å². The zero-order valence-corrected chi connectivity index (χ0v) is 14.0. The Labute approximate surface area is 137 Å². The number of benzene rings is 1. The Bertz CT molecular complexity index is 802. The highest BCUT2D eigenvalue weighted by atomic mass is 32.2. The molecule has 4 nitrogen and oxygen atoms in total. The van der Waals surface area contributed by atoms with Gasteiger partial charge in [-0.1, -0.05) is 61.1 Å². The van der Waals surface area contributed by atoms with Crippen LogP contribution in [0.25, 0.3) is 0 Å². The lowest BCUT2D eigenvalue weighted by Crippen LogP contribution is -2.32. The first-order valence-corrected chi connectivity index (χ1v) is 9.15. The standard InChI is InChI=1S/C18H20N2O2S/c1-13-7-11-17(12-8-13)23(21,22)20-19-18-14(2)15-5-3-4-6-16(18)10-9-15/h3-12,14-16,20H,1-2H3/b5-3+,6-4-,19-18-.